The molecule has 0 aromatic heterocycles. The summed E-state index contributed by atoms with van der Waals surface area (Å²) in [5.74, 6) is -0.00898. The topological polar surface area (TPSA) is 38.3 Å². The first kappa shape index (κ1) is 11.4. The van der Waals surface area contributed by atoms with Gasteiger partial charge in [-0.2, -0.15) is 0 Å². The lowest BCUT2D eigenvalue weighted by Crippen LogP contribution is -2.35. The van der Waals surface area contributed by atoms with Crippen molar-refractivity contribution >= 4 is 5.91 Å². The quantitative estimate of drug-likeness (QED) is 0.658. The van der Waals surface area contributed by atoms with Crippen molar-refractivity contribution in [3.63, 3.8) is 0 Å². The zero-order valence-electron chi connectivity index (χ0n) is 8.22. The summed E-state index contributed by atoms with van der Waals surface area (Å²) in [5.41, 5.74) is 0. The Morgan fingerprint density at radius 3 is 2.58 bits per heavy atom. The number of rotatable bonds is 6. The molecule has 1 unspecified atom stereocenters. The molecule has 0 bridgehead atoms. The fraction of sp³-hybridized carbons (Fsp3) is 0.889. The van der Waals surface area contributed by atoms with Gasteiger partial charge in [0.15, 0.2) is 0 Å². The zero-order valence-corrected chi connectivity index (χ0v) is 8.22. The van der Waals surface area contributed by atoms with Gasteiger partial charge in [-0.05, 0) is 19.8 Å². The van der Waals surface area contributed by atoms with Crippen LogP contribution in [0.1, 0.15) is 33.6 Å². The van der Waals surface area contributed by atoms with E-state index in [1.165, 1.54) is 0 Å². The Kier molecular flexibility index (Phi) is 6.76. The van der Waals surface area contributed by atoms with Gasteiger partial charge in [0.25, 0.3) is 0 Å². The Morgan fingerprint density at radius 1 is 1.42 bits per heavy atom. The van der Waals surface area contributed by atoms with Crippen molar-refractivity contribution in [2.24, 2.45) is 0 Å². The van der Waals surface area contributed by atoms with Crippen LogP contribution in [0.5, 0.6) is 0 Å². The molecule has 12 heavy (non-hydrogen) atoms. The molecule has 0 aromatic carbocycles. The Morgan fingerprint density at radius 2 is 2.08 bits per heavy atom. The first-order valence-electron chi connectivity index (χ1n) is 4.61. The first-order chi connectivity index (χ1) is 5.72. The smallest absolute Gasteiger partial charge is 0.248 e. The van der Waals surface area contributed by atoms with Crippen LogP contribution in [-0.2, 0) is 9.53 Å². The summed E-state index contributed by atoms with van der Waals surface area (Å²) in [5, 5.41) is 2.78. The molecule has 0 aliphatic rings. The Bertz CT molecular complexity index is 126. The maximum absolute atomic E-state index is 11.2. The number of nitrogens with one attached hydrogen (secondary N) is 1. The standard InChI is InChI=1S/C9H19NO2/c1-4-6-10-9(11)8(3)12-7-5-2/h8H,4-7H2,1-3H3,(H,10,11). The lowest BCUT2D eigenvalue weighted by Gasteiger charge is -2.11. The molecule has 0 aliphatic heterocycles. The van der Waals surface area contributed by atoms with E-state index in [0.717, 1.165) is 19.4 Å². The molecule has 0 heterocycles. The van der Waals surface area contributed by atoms with Gasteiger partial charge >= 0.3 is 0 Å². The summed E-state index contributed by atoms with van der Waals surface area (Å²) >= 11 is 0. The zero-order chi connectivity index (χ0) is 9.40. The van der Waals surface area contributed by atoms with Gasteiger partial charge < -0.3 is 10.1 Å². The number of carbonyl (C=O) groups excluding carboxylic acids is 1. The first-order valence-corrected chi connectivity index (χ1v) is 4.61. The van der Waals surface area contributed by atoms with Crippen molar-refractivity contribution in [1.29, 1.82) is 0 Å². The molecule has 1 atom stereocenters. The van der Waals surface area contributed by atoms with Gasteiger partial charge in [0.2, 0.25) is 5.91 Å². The average molecular weight is 173 g/mol. The Hall–Kier alpha value is -0.570. The van der Waals surface area contributed by atoms with E-state index in [0.29, 0.717) is 6.61 Å². The molecule has 3 nitrogen and oxygen atoms in total. The minimum atomic E-state index is -0.309. The van der Waals surface area contributed by atoms with Crippen LogP contribution in [0.4, 0.5) is 0 Å². The molecule has 0 saturated carbocycles. The maximum atomic E-state index is 11.2. The van der Waals surface area contributed by atoms with Crippen molar-refractivity contribution < 1.29 is 9.53 Å². The molecular formula is C9H19NO2. The van der Waals surface area contributed by atoms with E-state index < -0.39 is 0 Å². The molecule has 0 saturated heterocycles. The second kappa shape index (κ2) is 7.10. The molecule has 0 aromatic rings. The summed E-state index contributed by atoms with van der Waals surface area (Å²) in [6, 6.07) is 0. The van der Waals surface area contributed by atoms with Crippen LogP contribution in [0, 0.1) is 0 Å². The van der Waals surface area contributed by atoms with Crippen LogP contribution in [0.15, 0.2) is 0 Å². The molecular weight excluding hydrogens is 154 g/mol. The second-order valence-electron chi connectivity index (χ2n) is 2.80. The van der Waals surface area contributed by atoms with Gasteiger partial charge in [-0.3, -0.25) is 4.79 Å². The highest BCUT2D eigenvalue weighted by molar-refractivity contribution is 5.80. The minimum Gasteiger partial charge on any atom is -0.369 e. The van der Waals surface area contributed by atoms with E-state index in [2.05, 4.69) is 5.32 Å². The third-order valence-electron chi connectivity index (χ3n) is 1.49. The molecule has 1 amide bonds. The van der Waals surface area contributed by atoms with Crippen molar-refractivity contribution in [3.05, 3.63) is 0 Å². The Balaban J connectivity index is 3.47. The molecule has 0 rings (SSSR count). The van der Waals surface area contributed by atoms with E-state index in [-0.39, 0.29) is 12.0 Å². The number of ether oxygens (including phenoxy) is 1. The minimum absolute atomic E-state index is 0.00898. The summed E-state index contributed by atoms with van der Waals surface area (Å²) in [6.45, 7) is 7.22. The predicted molar refractivity (Wildman–Crippen MR) is 49.0 cm³/mol. The molecule has 72 valence electrons. The number of amides is 1. The van der Waals surface area contributed by atoms with E-state index in [4.69, 9.17) is 4.74 Å². The summed E-state index contributed by atoms with van der Waals surface area (Å²) in [7, 11) is 0. The van der Waals surface area contributed by atoms with E-state index >= 15 is 0 Å². The second-order valence-corrected chi connectivity index (χ2v) is 2.80. The third kappa shape index (κ3) is 5.13. The van der Waals surface area contributed by atoms with Gasteiger partial charge in [-0.25, -0.2) is 0 Å². The summed E-state index contributed by atoms with van der Waals surface area (Å²) < 4.78 is 5.24. The predicted octanol–water partition coefficient (Wildman–Crippen LogP) is 1.33. The monoisotopic (exact) mass is 173 g/mol. The summed E-state index contributed by atoms with van der Waals surface area (Å²) in [4.78, 5) is 11.2. The number of hydrogen-bond donors (Lipinski definition) is 1. The van der Waals surface area contributed by atoms with Gasteiger partial charge in [-0.15, -0.1) is 0 Å². The molecule has 0 spiro atoms. The van der Waals surface area contributed by atoms with Gasteiger partial charge in [-0.1, -0.05) is 13.8 Å². The number of carbonyl (C=O) groups is 1. The van der Waals surface area contributed by atoms with E-state index in [9.17, 15) is 4.79 Å². The van der Waals surface area contributed by atoms with Crippen LogP contribution in [0.2, 0.25) is 0 Å². The van der Waals surface area contributed by atoms with Crippen LogP contribution >= 0.6 is 0 Å². The van der Waals surface area contributed by atoms with Crippen molar-refractivity contribution in [1.82, 2.24) is 5.32 Å². The molecule has 1 N–H and O–H groups in total. The fourth-order valence-corrected chi connectivity index (χ4v) is 0.762. The normalized spacial score (nSPS) is 12.6. The highest BCUT2D eigenvalue weighted by Crippen LogP contribution is 1.92. The maximum Gasteiger partial charge on any atom is 0.248 e. The van der Waals surface area contributed by atoms with Crippen molar-refractivity contribution in [2.45, 2.75) is 39.7 Å². The summed E-state index contributed by atoms with van der Waals surface area (Å²) in [6.07, 6.45) is 1.61. The van der Waals surface area contributed by atoms with Crippen molar-refractivity contribution in [3.8, 4) is 0 Å². The lowest BCUT2D eigenvalue weighted by molar-refractivity contribution is -0.131. The third-order valence-corrected chi connectivity index (χ3v) is 1.49. The SMILES string of the molecule is CCCNC(=O)C(C)OCCC. The fourth-order valence-electron chi connectivity index (χ4n) is 0.762. The molecule has 3 heteroatoms. The van der Waals surface area contributed by atoms with Crippen LogP contribution < -0.4 is 5.32 Å². The highest BCUT2D eigenvalue weighted by Gasteiger charge is 2.10. The van der Waals surface area contributed by atoms with Gasteiger partial charge in [0.05, 0.1) is 0 Å². The largest absolute Gasteiger partial charge is 0.369 e. The Labute approximate surface area is 74.5 Å². The lowest BCUT2D eigenvalue weighted by atomic mass is 10.3. The molecule has 0 fully saturated rings. The van der Waals surface area contributed by atoms with Crippen molar-refractivity contribution in [2.75, 3.05) is 13.2 Å². The number of hydrogen-bond acceptors (Lipinski definition) is 2. The molecule has 0 aliphatic carbocycles. The van der Waals surface area contributed by atoms with Crippen LogP contribution in [0.3, 0.4) is 0 Å². The van der Waals surface area contributed by atoms with Crippen LogP contribution in [-0.4, -0.2) is 25.2 Å². The van der Waals surface area contributed by atoms with Gasteiger partial charge in [0, 0.05) is 13.2 Å². The van der Waals surface area contributed by atoms with Gasteiger partial charge in [0.1, 0.15) is 6.10 Å². The average Bonchev–Trinajstić information content (AvgIpc) is 2.10. The molecule has 0 radical (unpaired) electrons. The van der Waals surface area contributed by atoms with E-state index in [1.807, 2.05) is 13.8 Å². The van der Waals surface area contributed by atoms with E-state index in [1.54, 1.807) is 6.92 Å². The van der Waals surface area contributed by atoms with Crippen LogP contribution in [0.25, 0.3) is 0 Å². The highest BCUT2D eigenvalue weighted by atomic mass is 16.5.